The normalized spacial score (nSPS) is 15.6. The van der Waals surface area contributed by atoms with Crippen molar-refractivity contribution in [2.24, 2.45) is 0 Å². The Morgan fingerprint density at radius 1 is 1.00 bits per heavy atom. The number of halogens is 1. The van der Waals surface area contributed by atoms with Crippen LogP contribution in [0.15, 0.2) is 48.5 Å². The molecular formula is C18H21ClN2O2. The van der Waals surface area contributed by atoms with Gasteiger partial charge in [-0.2, -0.15) is 0 Å². The lowest BCUT2D eigenvalue weighted by molar-refractivity contribution is 0.200. The molecule has 5 heteroatoms. The number of piperazine rings is 1. The van der Waals surface area contributed by atoms with Crippen LogP contribution in [0.4, 0.5) is 5.69 Å². The molecule has 0 atom stereocenters. The maximum Gasteiger partial charge on any atom is 0.138 e. The van der Waals surface area contributed by atoms with Crippen LogP contribution in [0, 0.1) is 0 Å². The largest absolute Gasteiger partial charge is 0.506 e. The fraction of sp³-hybridized carbons (Fsp3) is 0.333. The predicted molar refractivity (Wildman–Crippen MR) is 93.7 cm³/mol. The topological polar surface area (TPSA) is 35.9 Å². The number of hydrogen-bond donors (Lipinski definition) is 1. The third-order valence-electron chi connectivity index (χ3n) is 4.07. The second-order valence-electron chi connectivity index (χ2n) is 5.62. The summed E-state index contributed by atoms with van der Waals surface area (Å²) in [5.41, 5.74) is 0.919. The van der Waals surface area contributed by atoms with Gasteiger partial charge in [-0.15, -0.1) is 0 Å². The van der Waals surface area contributed by atoms with Crippen LogP contribution in [0.2, 0.25) is 5.02 Å². The van der Waals surface area contributed by atoms with Gasteiger partial charge in [-0.25, -0.2) is 0 Å². The molecule has 1 saturated heterocycles. The zero-order chi connectivity index (χ0) is 16.1. The van der Waals surface area contributed by atoms with E-state index in [2.05, 4.69) is 9.80 Å². The predicted octanol–water partition coefficient (Wildman–Crippen LogP) is 3.25. The van der Waals surface area contributed by atoms with Crippen molar-refractivity contribution in [3.8, 4) is 11.5 Å². The lowest BCUT2D eigenvalue weighted by atomic mass is 10.2. The van der Waals surface area contributed by atoms with Crippen LogP contribution in [0.3, 0.4) is 0 Å². The fourth-order valence-electron chi connectivity index (χ4n) is 2.79. The van der Waals surface area contributed by atoms with E-state index in [0.29, 0.717) is 17.4 Å². The number of para-hydroxylation sites is 2. The first-order valence-corrected chi connectivity index (χ1v) is 8.24. The number of anilines is 1. The molecule has 0 radical (unpaired) electrons. The highest BCUT2D eigenvalue weighted by molar-refractivity contribution is 6.30. The second kappa shape index (κ2) is 7.57. The summed E-state index contributed by atoms with van der Waals surface area (Å²) in [6.45, 7) is 5.29. The molecule has 2 aromatic rings. The molecule has 0 bridgehead atoms. The van der Waals surface area contributed by atoms with E-state index >= 15 is 0 Å². The standard InChI is InChI=1S/C18H21ClN2O2/c19-15-4-3-5-16(14-15)23-13-12-20-8-10-21(11-9-20)17-6-1-2-7-18(17)22/h1-7,14,22H,8-13H2. The molecule has 0 amide bonds. The summed E-state index contributed by atoms with van der Waals surface area (Å²) in [7, 11) is 0. The monoisotopic (exact) mass is 332 g/mol. The van der Waals surface area contributed by atoms with Crippen LogP contribution in [0.1, 0.15) is 0 Å². The van der Waals surface area contributed by atoms with Crippen molar-refractivity contribution in [2.45, 2.75) is 0 Å². The van der Waals surface area contributed by atoms with Gasteiger partial charge in [0.2, 0.25) is 0 Å². The lowest BCUT2D eigenvalue weighted by Crippen LogP contribution is -2.47. The molecule has 4 nitrogen and oxygen atoms in total. The number of aromatic hydroxyl groups is 1. The maximum atomic E-state index is 9.93. The third-order valence-corrected chi connectivity index (χ3v) is 4.30. The van der Waals surface area contributed by atoms with Crippen molar-refractivity contribution in [1.29, 1.82) is 0 Å². The van der Waals surface area contributed by atoms with E-state index in [1.807, 2.05) is 42.5 Å². The van der Waals surface area contributed by atoms with Gasteiger partial charge >= 0.3 is 0 Å². The van der Waals surface area contributed by atoms with Crippen molar-refractivity contribution >= 4 is 17.3 Å². The zero-order valence-corrected chi connectivity index (χ0v) is 13.7. The Kier molecular flexibility index (Phi) is 5.26. The summed E-state index contributed by atoms with van der Waals surface area (Å²) in [6.07, 6.45) is 0. The Morgan fingerprint density at radius 2 is 1.78 bits per heavy atom. The molecule has 1 N–H and O–H groups in total. The Bertz CT molecular complexity index is 642. The Hall–Kier alpha value is -1.91. The SMILES string of the molecule is Oc1ccccc1N1CCN(CCOc2cccc(Cl)c2)CC1. The zero-order valence-electron chi connectivity index (χ0n) is 13.0. The van der Waals surface area contributed by atoms with Crippen LogP contribution in [-0.4, -0.2) is 49.3 Å². The van der Waals surface area contributed by atoms with E-state index in [-0.39, 0.29) is 0 Å². The van der Waals surface area contributed by atoms with Crippen LogP contribution in [-0.2, 0) is 0 Å². The summed E-state index contributed by atoms with van der Waals surface area (Å²) in [4.78, 5) is 4.60. The molecule has 2 aromatic carbocycles. The molecule has 0 spiro atoms. The Balaban J connectivity index is 1.44. The van der Waals surface area contributed by atoms with Crippen LogP contribution in [0.25, 0.3) is 0 Å². The summed E-state index contributed by atoms with van der Waals surface area (Å²) in [5.74, 6) is 1.16. The van der Waals surface area contributed by atoms with Crippen LogP contribution in [0.5, 0.6) is 11.5 Å². The molecule has 1 aliphatic heterocycles. The molecule has 1 fully saturated rings. The van der Waals surface area contributed by atoms with Gasteiger partial charge in [0.05, 0.1) is 5.69 Å². The molecule has 1 aliphatic rings. The Morgan fingerprint density at radius 3 is 2.52 bits per heavy atom. The summed E-state index contributed by atoms with van der Waals surface area (Å²) in [5, 5.41) is 10.6. The maximum absolute atomic E-state index is 9.93. The van der Waals surface area contributed by atoms with Gasteiger partial charge in [-0.3, -0.25) is 4.90 Å². The van der Waals surface area contributed by atoms with Gasteiger partial charge in [-0.1, -0.05) is 29.8 Å². The number of benzene rings is 2. The molecule has 0 saturated carbocycles. The van der Waals surface area contributed by atoms with Crippen molar-refractivity contribution < 1.29 is 9.84 Å². The fourth-order valence-corrected chi connectivity index (χ4v) is 2.97. The van der Waals surface area contributed by atoms with Crippen LogP contribution >= 0.6 is 11.6 Å². The van der Waals surface area contributed by atoms with Gasteiger partial charge in [-0.05, 0) is 30.3 Å². The molecule has 1 heterocycles. The summed E-state index contributed by atoms with van der Waals surface area (Å²) >= 11 is 5.94. The smallest absolute Gasteiger partial charge is 0.138 e. The van der Waals surface area contributed by atoms with Crippen molar-refractivity contribution in [3.63, 3.8) is 0 Å². The van der Waals surface area contributed by atoms with Gasteiger partial charge in [0.1, 0.15) is 18.1 Å². The summed E-state index contributed by atoms with van der Waals surface area (Å²) < 4.78 is 5.74. The lowest BCUT2D eigenvalue weighted by Gasteiger charge is -2.36. The minimum absolute atomic E-state index is 0.352. The molecule has 122 valence electrons. The van der Waals surface area contributed by atoms with E-state index < -0.39 is 0 Å². The highest BCUT2D eigenvalue weighted by Gasteiger charge is 2.18. The number of rotatable bonds is 5. The van der Waals surface area contributed by atoms with E-state index in [9.17, 15) is 5.11 Å². The molecule has 0 unspecified atom stereocenters. The van der Waals surface area contributed by atoms with E-state index in [1.54, 1.807) is 6.07 Å². The number of phenolic OH excluding ortho intramolecular Hbond substituents is 1. The van der Waals surface area contributed by atoms with Crippen molar-refractivity contribution in [3.05, 3.63) is 53.6 Å². The Labute approximate surface area is 141 Å². The van der Waals surface area contributed by atoms with E-state index in [1.165, 1.54) is 0 Å². The molecular weight excluding hydrogens is 312 g/mol. The highest BCUT2D eigenvalue weighted by atomic mass is 35.5. The molecule has 0 aliphatic carbocycles. The minimum atomic E-state index is 0.352. The first kappa shape index (κ1) is 16.0. The number of ether oxygens (including phenoxy) is 1. The first-order chi connectivity index (χ1) is 11.2. The summed E-state index contributed by atoms with van der Waals surface area (Å²) in [6, 6.07) is 15.0. The van der Waals surface area contributed by atoms with Gasteiger partial charge in [0.25, 0.3) is 0 Å². The molecule has 23 heavy (non-hydrogen) atoms. The first-order valence-electron chi connectivity index (χ1n) is 7.86. The van der Waals surface area contributed by atoms with E-state index in [0.717, 1.165) is 44.2 Å². The number of nitrogens with zero attached hydrogens (tertiary/aromatic N) is 2. The van der Waals surface area contributed by atoms with Gasteiger partial charge in [0.15, 0.2) is 0 Å². The highest BCUT2D eigenvalue weighted by Crippen LogP contribution is 2.27. The van der Waals surface area contributed by atoms with Gasteiger partial charge < -0.3 is 14.7 Å². The second-order valence-corrected chi connectivity index (χ2v) is 6.06. The quantitative estimate of drug-likeness (QED) is 0.911. The minimum Gasteiger partial charge on any atom is -0.506 e. The average Bonchev–Trinajstić information content (AvgIpc) is 2.56. The van der Waals surface area contributed by atoms with Crippen molar-refractivity contribution in [1.82, 2.24) is 4.90 Å². The van der Waals surface area contributed by atoms with E-state index in [4.69, 9.17) is 16.3 Å². The molecule has 3 rings (SSSR count). The third kappa shape index (κ3) is 4.30. The molecule has 0 aromatic heterocycles. The number of phenols is 1. The average molecular weight is 333 g/mol. The number of hydrogen-bond acceptors (Lipinski definition) is 4. The van der Waals surface area contributed by atoms with Crippen molar-refractivity contribution in [2.75, 3.05) is 44.2 Å². The van der Waals surface area contributed by atoms with Gasteiger partial charge in [0, 0.05) is 37.7 Å². The van der Waals surface area contributed by atoms with Crippen LogP contribution < -0.4 is 9.64 Å².